The van der Waals surface area contributed by atoms with Crippen LogP contribution in [0.5, 0.6) is 0 Å². The summed E-state index contributed by atoms with van der Waals surface area (Å²) < 4.78 is 5.67. The van der Waals surface area contributed by atoms with Gasteiger partial charge in [-0.3, -0.25) is 4.79 Å². The maximum absolute atomic E-state index is 11.7. The molecule has 1 aromatic carbocycles. The number of hydrogen-bond acceptors (Lipinski definition) is 3. The zero-order chi connectivity index (χ0) is 13.0. The van der Waals surface area contributed by atoms with Gasteiger partial charge < -0.3 is 14.8 Å². The minimum atomic E-state index is -0.257. The van der Waals surface area contributed by atoms with Crippen LogP contribution in [0, 0.1) is 0 Å². The van der Waals surface area contributed by atoms with Crippen molar-refractivity contribution in [2.24, 2.45) is 0 Å². The van der Waals surface area contributed by atoms with E-state index in [-0.39, 0.29) is 18.3 Å². The fraction of sp³-hybridized carbons (Fsp3) is 0.154. The summed E-state index contributed by atoms with van der Waals surface area (Å²) in [4.78, 5) is 11.7. The second kappa shape index (κ2) is 5.84. The molecule has 0 bridgehead atoms. The second-order valence-corrected chi connectivity index (χ2v) is 4.54. The largest absolute Gasteiger partial charge is 0.444 e. The molecule has 0 radical (unpaired) electrons. The number of aliphatic hydroxyl groups excluding tert-OH is 1. The molecule has 1 aromatic heterocycles. The molecule has 2 N–H and O–H groups in total. The summed E-state index contributed by atoms with van der Waals surface area (Å²) >= 11 is 3.14. The Morgan fingerprint density at radius 1 is 1.17 bits per heavy atom. The van der Waals surface area contributed by atoms with Crippen molar-refractivity contribution in [1.29, 1.82) is 0 Å². The van der Waals surface area contributed by atoms with E-state index in [2.05, 4.69) is 21.2 Å². The summed E-state index contributed by atoms with van der Waals surface area (Å²) in [7, 11) is 0. The summed E-state index contributed by atoms with van der Waals surface area (Å²) in [5.74, 6) is 0.0146. The summed E-state index contributed by atoms with van der Waals surface area (Å²) in [5.41, 5.74) is 1.81. The number of nitrogens with one attached hydrogen (secondary N) is 1. The maximum atomic E-state index is 11.7. The summed E-state index contributed by atoms with van der Waals surface area (Å²) in [6.07, 6.45) is 0. The molecule has 18 heavy (non-hydrogen) atoms. The normalized spacial score (nSPS) is 10.3. The smallest absolute Gasteiger partial charge is 0.287 e. The Kier molecular flexibility index (Phi) is 4.17. The van der Waals surface area contributed by atoms with Crippen LogP contribution in [-0.4, -0.2) is 11.0 Å². The molecule has 0 fully saturated rings. The molecule has 2 aromatic rings. The first kappa shape index (κ1) is 12.9. The van der Waals surface area contributed by atoms with Gasteiger partial charge in [0.2, 0.25) is 0 Å². The van der Waals surface area contributed by atoms with Crippen LogP contribution in [0.2, 0.25) is 0 Å². The van der Waals surface area contributed by atoms with Crippen LogP contribution >= 0.6 is 15.9 Å². The first-order valence-corrected chi connectivity index (χ1v) is 6.20. The van der Waals surface area contributed by atoms with Crippen molar-refractivity contribution in [3.05, 3.63) is 58.0 Å². The molecule has 0 aliphatic carbocycles. The van der Waals surface area contributed by atoms with Crippen molar-refractivity contribution in [2.75, 3.05) is 0 Å². The van der Waals surface area contributed by atoms with Gasteiger partial charge >= 0.3 is 0 Å². The van der Waals surface area contributed by atoms with Crippen molar-refractivity contribution >= 4 is 21.8 Å². The van der Waals surface area contributed by atoms with Gasteiger partial charge in [-0.2, -0.15) is 0 Å². The van der Waals surface area contributed by atoms with Crippen molar-refractivity contribution in [3.8, 4) is 0 Å². The Hall–Kier alpha value is -1.59. The van der Waals surface area contributed by atoms with Gasteiger partial charge in [-0.05, 0) is 39.2 Å². The average Bonchev–Trinajstić information content (AvgIpc) is 2.83. The first-order chi connectivity index (χ1) is 8.69. The third-order valence-corrected chi connectivity index (χ3v) is 2.88. The predicted octanol–water partition coefficient (Wildman–Crippen LogP) is 2.46. The van der Waals surface area contributed by atoms with Crippen LogP contribution in [0.25, 0.3) is 0 Å². The first-order valence-electron chi connectivity index (χ1n) is 5.41. The molecule has 0 unspecified atom stereocenters. The maximum Gasteiger partial charge on any atom is 0.287 e. The van der Waals surface area contributed by atoms with E-state index in [0.717, 1.165) is 11.1 Å². The lowest BCUT2D eigenvalue weighted by Gasteiger charge is -2.04. The zero-order valence-corrected chi connectivity index (χ0v) is 11.1. The van der Waals surface area contributed by atoms with Crippen molar-refractivity contribution in [2.45, 2.75) is 13.2 Å². The summed E-state index contributed by atoms with van der Waals surface area (Å²) in [5, 5.41) is 11.7. The van der Waals surface area contributed by atoms with E-state index in [0.29, 0.717) is 11.2 Å². The van der Waals surface area contributed by atoms with Crippen molar-refractivity contribution < 1.29 is 14.3 Å². The van der Waals surface area contributed by atoms with E-state index in [1.165, 1.54) is 0 Å². The van der Waals surface area contributed by atoms with E-state index >= 15 is 0 Å². The molecule has 0 saturated carbocycles. The van der Waals surface area contributed by atoms with Gasteiger partial charge in [0, 0.05) is 6.54 Å². The molecule has 0 atom stereocenters. The van der Waals surface area contributed by atoms with E-state index < -0.39 is 0 Å². The second-order valence-electron chi connectivity index (χ2n) is 3.76. The van der Waals surface area contributed by atoms with Crippen LogP contribution in [0.4, 0.5) is 0 Å². The number of furan rings is 1. The van der Waals surface area contributed by atoms with E-state index in [9.17, 15) is 4.79 Å². The number of rotatable bonds is 4. The van der Waals surface area contributed by atoms with E-state index in [1.807, 2.05) is 24.3 Å². The van der Waals surface area contributed by atoms with Gasteiger partial charge in [0.05, 0.1) is 6.61 Å². The molecule has 1 amide bonds. The number of aliphatic hydroxyl groups is 1. The Morgan fingerprint density at radius 2 is 1.83 bits per heavy atom. The number of halogens is 1. The standard InChI is InChI=1S/C13H12BrNO3/c14-12-6-5-11(18-12)13(17)15-7-9-1-3-10(8-16)4-2-9/h1-6,16H,7-8H2,(H,15,17). The zero-order valence-electron chi connectivity index (χ0n) is 9.52. The number of amides is 1. The Balaban J connectivity index is 1.92. The summed E-state index contributed by atoms with van der Waals surface area (Å²) in [6.45, 7) is 0.440. The molecule has 0 saturated heterocycles. The number of benzene rings is 1. The van der Waals surface area contributed by atoms with Gasteiger partial charge in [-0.25, -0.2) is 0 Å². The molecular formula is C13H12BrNO3. The highest BCUT2D eigenvalue weighted by atomic mass is 79.9. The van der Waals surface area contributed by atoms with Gasteiger partial charge in [0.25, 0.3) is 5.91 Å². The summed E-state index contributed by atoms with van der Waals surface area (Å²) in [6, 6.07) is 10.7. The Labute approximate surface area is 113 Å². The Morgan fingerprint density at radius 3 is 2.39 bits per heavy atom. The van der Waals surface area contributed by atoms with E-state index in [4.69, 9.17) is 9.52 Å². The quantitative estimate of drug-likeness (QED) is 0.912. The monoisotopic (exact) mass is 309 g/mol. The minimum Gasteiger partial charge on any atom is -0.444 e. The average molecular weight is 310 g/mol. The van der Waals surface area contributed by atoms with Crippen LogP contribution in [0.3, 0.4) is 0 Å². The number of hydrogen-bond donors (Lipinski definition) is 2. The molecule has 2 rings (SSSR count). The third-order valence-electron chi connectivity index (χ3n) is 2.46. The SMILES string of the molecule is O=C(NCc1ccc(CO)cc1)c1ccc(Br)o1. The topological polar surface area (TPSA) is 62.5 Å². The lowest BCUT2D eigenvalue weighted by molar-refractivity contribution is 0.0922. The molecule has 0 aliphatic rings. The fourth-order valence-electron chi connectivity index (χ4n) is 1.47. The molecule has 5 heteroatoms. The van der Waals surface area contributed by atoms with E-state index in [1.54, 1.807) is 12.1 Å². The molecule has 1 heterocycles. The van der Waals surface area contributed by atoms with Crippen LogP contribution < -0.4 is 5.32 Å². The number of carbonyl (C=O) groups excluding carboxylic acids is 1. The lowest BCUT2D eigenvalue weighted by Crippen LogP contribution is -2.22. The lowest BCUT2D eigenvalue weighted by atomic mass is 10.1. The highest BCUT2D eigenvalue weighted by Crippen LogP contribution is 2.14. The van der Waals surface area contributed by atoms with Gasteiger partial charge in [0.1, 0.15) is 0 Å². The third kappa shape index (κ3) is 3.21. The number of carbonyl (C=O) groups is 1. The molecule has 0 aliphatic heterocycles. The fourth-order valence-corrected chi connectivity index (χ4v) is 1.77. The molecule has 0 spiro atoms. The molecular weight excluding hydrogens is 298 g/mol. The van der Waals surface area contributed by atoms with Crippen molar-refractivity contribution in [1.82, 2.24) is 5.32 Å². The predicted molar refractivity (Wildman–Crippen MR) is 69.9 cm³/mol. The van der Waals surface area contributed by atoms with Crippen molar-refractivity contribution in [3.63, 3.8) is 0 Å². The van der Waals surface area contributed by atoms with Gasteiger partial charge in [-0.1, -0.05) is 24.3 Å². The van der Waals surface area contributed by atoms with Gasteiger partial charge in [-0.15, -0.1) is 0 Å². The minimum absolute atomic E-state index is 0.0209. The highest BCUT2D eigenvalue weighted by molar-refractivity contribution is 9.10. The van der Waals surface area contributed by atoms with Gasteiger partial charge in [0.15, 0.2) is 10.4 Å². The molecule has 4 nitrogen and oxygen atoms in total. The molecule has 94 valence electrons. The van der Waals surface area contributed by atoms with Crippen LogP contribution in [0.15, 0.2) is 45.5 Å². The van der Waals surface area contributed by atoms with Crippen LogP contribution in [0.1, 0.15) is 21.7 Å². The Bertz CT molecular complexity index is 533. The van der Waals surface area contributed by atoms with Crippen LogP contribution in [-0.2, 0) is 13.2 Å². The highest BCUT2D eigenvalue weighted by Gasteiger charge is 2.09.